The molecule has 72 valence electrons. The average Bonchev–Trinajstić information content (AvgIpc) is 1.85. The Kier molecular flexibility index (Phi) is 4.24. The van der Waals surface area contributed by atoms with Crippen molar-refractivity contribution in [2.45, 2.75) is 40.2 Å². The van der Waals surface area contributed by atoms with Crippen LogP contribution in [0.2, 0.25) is 0 Å². The predicted molar refractivity (Wildman–Crippen MR) is 49.2 cm³/mol. The number of nitrogens with one attached hydrogen (secondary N) is 1. The lowest BCUT2D eigenvalue weighted by Gasteiger charge is -2.21. The van der Waals surface area contributed by atoms with Crippen LogP contribution in [-0.2, 0) is 4.79 Å². The molecule has 0 fully saturated rings. The van der Waals surface area contributed by atoms with E-state index in [2.05, 4.69) is 26.1 Å². The fourth-order valence-corrected chi connectivity index (χ4v) is 0.836. The third-order valence-corrected chi connectivity index (χ3v) is 1.59. The summed E-state index contributed by atoms with van der Waals surface area (Å²) in [6.07, 6.45) is 0.630. The number of hydrogen-bond donors (Lipinski definition) is 2. The van der Waals surface area contributed by atoms with E-state index >= 15 is 0 Å². The molecule has 0 aliphatic heterocycles. The van der Waals surface area contributed by atoms with Crippen LogP contribution in [0.15, 0.2) is 0 Å². The van der Waals surface area contributed by atoms with Crippen LogP contribution in [-0.4, -0.2) is 23.7 Å². The first-order valence-electron chi connectivity index (χ1n) is 4.33. The standard InChI is InChI=1S/C9H19NO2/c1-5-7(8(11)12)10-6-9(2,3)4/h7,10H,5-6H2,1-4H3,(H,11,12)/t7-/m1/s1. The van der Waals surface area contributed by atoms with Gasteiger partial charge in [-0.05, 0) is 11.8 Å². The Hall–Kier alpha value is -0.570. The van der Waals surface area contributed by atoms with Gasteiger partial charge in [-0.15, -0.1) is 0 Å². The molecule has 2 N–H and O–H groups in total. The molecule has 0 bridgehead atoms. The minimum absolute atomic E-state index is 0.142. The Morgan fingerprint density at radius 2 is 2.00 bits per heavy atom. The van der Waals surface area contributed by atoms with Crippen LogP contribution in [0.25, 0.3) is 0 Å². The van der Waals surface area contributed by atoms with Crippen LogP contribution >= 0.6 is 0 Å². The molecule has 0 saturated carbocycles. The number of rotatable bonds is 4. The van der Waals surface area contributed by atoms with Gasteiger partial charge in [0.25, 0.3) is 0 Å². The van der Waals surface area contributed by atoms with Crippen molar-refractivity contribution in [3.8, 4) is 0 Å². The molecule has 0 aromatic heterocycles. The van der Waals surface area contributed by atoms with E-state index in [4.69, 9.17) is 5.11 Å². The summed E-state index contributed by atoms with van der Waals surface area (Å²) in [6.45, 7) is 8.84. The molecule has 0 aromatic carbocycles. The average molecular weight is 173 g/mol. The van der Waals surface area contributed by atoms with Crippen molar-refractivity contribution < 1.29 is 9.90 Å². The van der Waals surface area contributed by atoms with Crippen molar-refractivity contribution in [1.29, 1.82) is 0 Å². The van der Waals surface area contributed by atoms with Crippen molar-refractivity contribution in [3.05, 3.63) is 0 Å². The van der Waals surface area contributed by atoms with Gasteiger partial charge >= 0.3 is 5.97 Å². The monoisotopic (exact) mass is 173 g/mol. The largest absolute Gasteiger partial charge is 0.480 e. The fraction of sp³-hybridized carbons (Fsp3) is 0.889. The highest BCUT2D eigenvalue weighted by molar-refractivity contribution is 5.73. The van der Waals surface area contributed by atoms with Crippen molar-refractivity contribution in [1.82, 2.24) is 5.32 Å². The fourth-order valence-electron chi connectivity index (χ4n) is 0.836. The highest BCUT2D eigenvalue weighted by Gasteiger charge is 2.17. The van der Waals surface area contributed by atoms with Crippen molar-refractivity contribution >= 4 is 5.97 Å². The van der Waals surface area contributed by atoms with Gasteiger partial charge in [-0.2, -0.15) is 0 Å². The summed E-state index contributed by atoms with van der Waals surface area (Å²) in [5.41, 5.74) is 0.142. The molecular formula is C9H19NO2. The van der Waals surface area contributed by atoms with E-state index in [9.17, 15) is 4.79 Å². The SMILES string of the molecule is CC[C@@H](NCC(C)(C)C)C(=O)O. The van der Waals surface area contributed by atoms with Gasteiger partial charge in [0, 0.05) is 6.54 Å². The second-order valence-electron chi connectivity index (χ2n) is 4.24. The Morgan fingerprint density at radius 3 is 2.25 bits per heavy atom. The third kappa shape index (κ3) is 5.13. The van der Waals surface area contributed by atoms with Crippen molar-refractivity contribution in [2.24, 2.45) is 5.41 Å². The molecule has 0 radical (unpaired) electrons. The molecule has 1 atom stereocenters. The maximum absolute atomic E-state index is 10.6. The quantitative estimate of drug-likeness (QED) is 0.677. The van der Waals surface area contributed by atoms with Gasteiger partial charge in [0.15, 0.2) is 0 Å². The zero-order valence-corrected chi connectivity index (χ0v) is 8.35. The number of aliphatic carboxylic acids is 1. The summed E-state index contributed by atoms with van der Waals surface area (Å²) in [5, 5.41) is 11.7. The lowest BCUT2D eigenvalue weighted by atomic mass is 9.96. The van der Waals surface area contributed by atoms with Crippen LogP contribution in [0, 0.1) is 5.41 Å². The molecule has 3 nitrogen and oxygen atoms in total. The minimum atomic E-state index is -0.762. The van der Waals surface area contributed by atoms with E-state index in [-0.39, 0.29) is 5.41 Å². The molecular weight excluding hydrogens is 154 g/mol. The molecule has 0 unspecified atom stereocenters. The minimum Gasteiger partial charge on any atom is -0.480 e. The van der Waals surface area contributed by atoms with Crippen LogP contribution in [0.3, 0.4) is 0 Å². The molecule has 0 heterocycles. The molecule has 0 aliphatic rings. The van der Waals surface area contributed by atoms with Gasteiger partial charge in [-0.3, -0.25) is 4.79 Å². The van der Waals surface area contributed by atoms with Crippen LogP contribution < -0.4 is 5.32 Å². The third-order valence-electron chi connectivity index (χ3n) is 1.59. The van der Waals surface area contributed by atoms with E-state index in [1.807, 2.05) is 6.92 Å². The van der Waals surface area contributed by atoms with Gasteiger partial charge in [-0.1, -0.05) is 27.7 Å². The lowest BCUT2D eigenvalue weighted by molar-refractivity contribution is -0.139. The topological polar surface area (TPSA) is 49.3 Å². The Bertz CT molecular complexity index is 149. The number of hydrogen-bond acceptors (Lipinski definition) is 2. The van der Waals surface area contributed by atoms with Crippen LogP contribution in [0.5, 0.6) is 0 Å². The van der Waals surface area contributed by atoms with E-state index in [1.54, 1.807) is 0 Å². The van der Waals surface area contributed by atoms with Gasteiger partial charge in [0.2, 0.25) is 0 Å². The number of carboxylic acids is 1. The second-order valence-corrected chi connectivity index (χ2v) is 4.24. The molecule has 0 aliphatic carbocycles. The normalized spacial score (nSPS) is 14.3. The predicted octanol–water partition coefficient (Wildman–Crippen LogP) is 1.49. The molecule has 0 amide bonds. The van der Waals surface area contributed by atoms with E-state index in [0.29, 0.717) is 6.42 Å². The highest BCUT2D eigenvalue weighted by atomic mass is 16.4. The first-order chi connectivity index (χ1) is 5.37. The van der Waals surface area contributed by atoms with Crippen LogP contribution in [0.1, 0.15) is 34.1 Å². The summed E-state index contributed by atoms with van der Waals surface area (Å²) in [7, 11) is 0. The van der Waals surface area contributed by atoms with E-state index in [0.717, 1.165) is 6.54 Å². The second kappa shape index (κ2) is 4.45. The van der Waals surface area contributed by atoms with Gasteiger partial charge in [0.1, 0.15) is 6.04 Å². The molecule has 0 spiro atoms. The Morgan fingerprint density at radius 1 is 1.50 bits per heavy atom. The maximum Gasteiger partial charge on any atom is 0.320 e. The zero-order chi connectivity index (χ0) is 9.78. The van der Waals surface area contributed by atoms with E-state index in [1.165, 1.54) is 0 Å². The molecule has 0 rings (SSSR count). The molecule has 0 aromatic rings. The first-order valence-corrected chi connectivity index (χ1v) is 4.33. The Labute approximate surface area is 74.2 Å². The summed E-state index contributed by atoms with van der Waals surface area (Å²) < 4.78 is 0. The number of carbonyl (C=O) groups is 1. The molecule has 3 heteroatoms. The zero-order valence-electron chi connectivity index (χ0n) is 8.35. The summed E-state index contributed by atoms with van der Waals surface area (Å²) >= 11 is 0. The first kappa shape index (κ1) is 11.4. The summed E-state index contributed by atoms with van der Waals surface area (Å²) in [6, 6.07) is -0.399. The van der Waals surface area contributed by atoms with Crippen LogP contribution in [0.4, 0.5) is 0 Å². The lowest BCUT2D eigenvalue weighted by Crippen LogP contribution is -2.40. The van der Waals surface area contributed by atoms with Gasteiger partial charge in [0.05, 0.1) is 0 Å². The summed E-state index contributed by atoms with van der Waals surface area (Å²) in [5.74, 6) is -0.762. The smallest absolute Gasteiger partial charge is 0.320 e. The Balaban J connectivity index is 3.81. The van der Waals surface area contributed by atoms with Gasteiger partial charge < -0.3 is 10.4 Å². The van der Waals surface area contributed by atoms with Gasteiger partial charge in [-0.25, -0.2) is 0 Å². The van der Waals surface area contributed by atoms with E-state index < -0.39 is 12.0 Å². The van der Waals surface area contributed by atoms with Crippen molar-refractivity contribution in [3.63, 3.8) is 0 Å². The van der Waals surface area contributed by atoms with Crippen molar-refractivity contribution in [2.75, 3.05) is 6.54 Å². The number of carboxylic acid groups (broad SMARTS) is 1. The maximum atomic E-state index is 10.6. The summed E-state index contributed by atoms with van der Waals surface area (Å²) in [4.78, 5) is 10.6. The molecule has 0 saturated heterocycles. The highest BCUT2D eigenvalue weighted by Crippen LogP contribution is 2.11. The molecule has 12 heavy (non-hydrogen) atoms.